The zero-order valence-electron chi connectivity index (χ0n) is 16.5. The fraction of sp³-hybridized carbons (Fsp3) is 0.115. The monoisotopic (exact) mass is 445 g/mol. The Labute approximate surface area is 181 Å². The van der Waals surface area contributed by atoms with Gasteiger partial charge in [-0.3, -0.25) is 9.69 Å². The van der Waals surface area contributed by atoms with Crippen molar-refractivity contribution in [2.24, 2.45) is 0 Å². The highest BCUT2D eigenvalue weighted by Gasteiger charge is 2.17. The van der Waals surface area contributed by atoms with Crippen LogP contribution < -0.4 is 0 Å². The standard InChI is InChI=1S/C26H24BrNO/c1-20(18-28(2)19-21-10-5-3-6-11-21)26(29)25(23-13-7-4-8-14-23)17-22-12-9-15-24(27)16-22/h3-17H,1,18-19H2,2H3/b25-17-. The van der Waals surface area contributed by atoms with Gasteiger partial charge in [-0.05, 0) is 41.9 Å². The van der Waals surface area contributed by atoms with Crippen LogP contribution in [0.15, 0.2) is 102 Å². The molecule has 3 aromatic carbocycles. The lowest BCUT2D eigenvalue weighted by Crippen LogP contribution is -2.23. The molecule has 0 amide bonds. The lowest BCUT2D eigenvalue weighted by molar-refractivity contribution is -0.110. The fourth-order valence-electron chi connectivity index (χ4n) is 3.20. The number of Topliss-reactive ketones (excluding diaryl/α,β-unsaturated/α-hetero) is 1. The molecule has 0 aliphatic heterocycles. The zero-order valence-corrected chi connectivity index (χ0v) is 18.1. The first-order valence-corrected chi connectivity index (χ1v) is 10.3. The van der Waals surface area contributed by atoms with E-state index in [2.05, 4.69) is 39.5 Å². The van der Waals surface area contributed by atoms with Gasteiger partial charge in [0.1, 0.15) is 0 Å². The van der Waals surface area contributed by atoms with E-state index >= 15 is 0 Å². The molecule has 0 heterocycles. The van der Waals surface area contributed by atoms with Crippen molar-refractivity contribution in [1.29, 1.82) is 0 Å². The lowest BCUT2D eigenvalue weighted by Gasteiger charge is -2.18. The second kappa shape index (κ2) is 10.1. The van der Waals surface area contributed by atoms with Crippen molar-refractivity contribution in [1.82, 2.24) is 4.90 Å². The fourth-order valence-corrected chi connectivity index (χ4v) is 3.62. The highest BCUT2D eigenvalue weighted by atomic mass is 79.9. The van der Waals surface area contributed by atoms with Crippen LogP contribution >= 0.6 is 15.9 Å². The number of likely N-dealkylation sites (N-methyl/N-ethyl adjacent to an activating group) is 1. The van der Waals surface area contributed by atoms with E-state index in [1.54, 1.807) is 0 Å². The van der Waals surface area contributed by atoms with Crippen molar-refractivity contribution < 1.29 is 4.79 Å². The summed E-state index contributed by atoms with van der Waals surface area (Å²) in [6.07, 6.45) is 1.94. The van der Waals surface area contributed by atoms with Crippen molar-refractivity contribution in [3.8, 4) is 0 Å². The molecule has 0 unspecified atom stereocenters. The van der Waals surface area contributed by atoms with E-state index in [1.165, 1.54) is 5.56 Å². The molecule has 0 fully saturated rings. The molecule has 3 rings (SSSR count). The van der Waals surface area contributed by atoms with Gasteiger partial charge in [-0.25, -0.2) is 0 Å². The minimum atomic E-state index is -0.0314. The van der Waals surface area contributed by atoms with Crippen LogP contribution in [0.5, 0.6) is 0 Å². The maximum Gasteiger partial charge on any atom is 0.190 e. The molecule has 0 aromatic heterocycles. The molecule has 2 nitrogen and oxygen atoms in total. The smallest absolute Gasteiger partial charge is 0.190 e. The summed E-state index contributed by atoms with van der Waals surface area (Å²) < 4.78 is 0.979. The number of ketones is 1. The van der Waals surface area contributed by atoms with Crippen LogP contribution in [-0.2, 0) is 11.3 Å². The van der Waals surface area contributed by atoms with E-state index < -0.39 is 0 Å². The lowest BCUT2D eigenvalue weighted by atomic mass is 9.95. The van der Waals surface area contributed by atoms with Gasteiger partial charge in [-0.2, -0.15) is 0 Å². The van der Waals surface area contributed by atoms with E-state index in [0.29, 0.717) is 17.7 Å². The molecule has 0 aliphatic rings. The molecule has 0 N–H and O–H groups in total. The molecule has 0 saturated carbocycles. The number of hydrogen-bond donors (Lipinski definition) is 0. The topological polar surface area (TPSA) is 20.3 Å². The highest BCUT2D eigenvalue weighted by molar-refractivity contribution is 9.10. The summed E-state index contributed by atoms with van der Waals surface area (Å²) >= 11 is 3.50. The zero-order chi connectivity index (χ0) is 20.6. The quantitative estimate of drug-likeness (QED) is 0.301. The summed E-state index contributed by atoms with van der Waals surface area (Å²) in [5.74, 6) is -0.0314. The van der Waals surface area contributed by atoms with Gasteiger partial charge in [0.2, 0.25) is 0 Å². The van der Waals surface area contributed by atoms with E-state index in [4.69, 9.17) is 0 Å². The maximum absolute atomic E-state index is 13.3. The summed E-state index contributed by atoms with van der Waals surface area (Å²) in [4.78, 5) is 15.4. The third-order valence-electron chi connectivity index (χ3n) is 4.57. The molecule has 0 saturated heterocycles. The van der Waals surface area contributed by atoms with Gasteiger partial charge in [0.05, 0.1) is 0 Å². The first kappa shape index (κ1) is 21.0. The van der Waals surface area contributed by atoms with Crippen molar-refractivity contribution in [3.63, 3.8) is 0 Å². The SMILES string of the molecule is C=C(CN(C)Cc1ccccc1)C(=O)/C(=C\c1cccc(Br)c1)c1ccccc1. The predicted molar refractivity (Wildman–Crippen MR) is 125 cm³/mol. The van der Waals surface area contributed by atoms with Crippen LogP contribution in [0.2, 0.25) is 0 Å². The molecule has 0 spiro atoms. The highest BCUT2D eigenvalue weighted by Crippen LogP contribution is 2.24. The number of nitrogens with zero attached hydrogens (tertiary/aromatic N) is 1. The van der Waals surface area contributed by atoms with Crippen molar-refractivity contribution in [2.75, 3.05) is 13.6 Å². The van der Waals surface area contributed by atoms with Gasteiger partial charge in [-0.15, -0.1) is 0 Å². The van der Waals surface area contributed by atoms with Gasteiger partial charge < -0.3 is 0 Å². The van der Waals surface area contributed by atoms with E-state index in [-0.39, 0.29) is 5.78 Å². The Balaban J connectivity index is 1.81. The van der Waals surface area contributed by atoms with Crippen LogP contribution in [0.4, 0.5) is 0 Å². The Hall–Kier alpha value is -2.75. The number of hydrogen-bond acceptors (Lipinski definition) is 2. The molecule has 0 aliphatic carbocycles. The van der Waals surface area contributed by atoms with Gasteiger partial charge in [0, 0.05) is 28.7 Å². The minimum absolute atomic E-state index is 0.0314. The molecule has 3 heteroatoms. The Kier molecular flexibility index (Phi) is 7.34. The minimum Gasteiger partial charge on any atom is -0.298 e. The first-order chi connectivity index (χ1) is 14.0. The summed E-state index contributed by atoms with van der Waals surface area (Å²) in [6.45, 7) is 5.38. The molecule has 0 bridgehead atoms. The molecule has 0 radical (unpaired) electrons. The van der Waals surface area contributed by atoms with Crippen LogP contribution in [0, 0.1) is 0 Å². The third-order valence-corrected chi connectivity index (χ3v) is 5.06. The van der Waals surface area contributed by atoms with E-state index in [9.17, 15) is 4.79 Å². The average Bonchev–Trinajstić information content (AvgIpc) is 2.73. The molecule has 3 aromatic rings. The van der Waals surface area contributed by atoms with E-state index in [0.717, 1.165) is 22.1 Å². The number of rotatable bonds is 8. The maximum atomic E-state index is 13.3. The molecular weight excluding hydrogens is 422 g/mol. The van der Waals surface area contributed by atoms with Gasteiger partial charge >= 0.3 is 0 Å². The van der Waals surface area contributed by atoms with Crippen molar-refractivity contribution in [3.05, 3.63) is 118 Å². The molecule has 29 heavy (non-hydrogen) atoms. The Bertz CT molecular complexity index is 1010. The summed E-state index contributed by atoms with van der Waals surface area (Å²) in [7, 11) is 2.01. The Morgan fingerprint density at radius 3 is 2.28 bits per heavy atom. The summed E-state index contributed by atoms with van der Waals surface area (Å²) in [5, 5.41) is 0. The third kappa shape index (κ3) is 6.11. The van der Waals surface area contributed by atoms with E-state index in [1.807, 2.05) is 85.9 Å². The van der Waals surface area contributed by atoms with Crippen molar-refractivity contribution in [2.45, 2.75) is 6.54 Å². The number of benzene rings is 3. The molecular formula is C26H24BrNO. The Morgan fingerprint density at radius 1 is 0.966 bits per heavy atom. The van der Waals surface area contributed by atoms with Crippen molar-refractivity contribution >= 4 is 33.4 Å². The number of halogens is 1. The summed E-state index contributed by atoms with van der Waals surface area (Å²) in [5.41, 5.74) is 4.31. The second-order valence-electron chi connectivity index (χ2n) is 7.07. The number of carbonyl (C=O) groups excluding carboxylic acids is 1. The first-order valence-electron chi connectivity index (χ1n) is 9.50. The predicted octanol–water partition coefficient (Wildman–Crippen LogP) is 6.25. The van der Waals surface area contributed by atoms with Crippen LogP contribution in [0.1, 0.15) is 16.7 Å². The largest absolute Gasteiger partial charge is 0.298 e. The average molecular weight is 446 g/mol. The number of carbonyl (C=O) groups is 1. The van der Waals surface area contributed by atoms with Crippen LogP contribution in [-0.4, -0.2) is 24.3 Å². The molecule has 0 atom stereocenters. The normalized spacial score (nSPS) is 11.5. The van der Waals surface area contributed by atoms with Crippen LogP contribution in [0.3, 0.4) is 0 Å². The Morgan fingerprint density at radius 2 is 1.62 bits per heavy atom. The molecule has 146 valence electrons. The van der Waals surface area contributed by atoms with Gasteiger partial charge in [0.25, 0.3) is 0 Å². The van der Waals surface area contributed by atoms with Gasteiger partial charge in [0.15, 0.2) is 5.78 Å². The van der Waals surface area contributed by atoms with Crippen LogP contribution in [0.25, 0.3) is 11.6 Å². The van der Waals surface area contributed by atoms with Gasteiger partial charge in [-0.1, -0.05) is 95.3 Å². The second-order valence-corrected chi connectivity index (χ2v) is 7.99. The summed E-state index contributed by atoms with van der Waals surface area (Å²) in [6, 6.07) is 27.9. The number of allylic oxidation sites excluding steroid dienone is 1.